The van der Waals surface area contributed by atoms with Crippen LogP contribution in [0.5, 0.6) is 34.5 Å². The van der Waals surface area contributed by atoms with E-state index in [0.717, 1.165) is 17.4 Å². The molecule has 8 heteroatoms. The first-order valence-corrected chi connectivity index (χ1v) is 11.1. The molecule has 4 N–H and O–H groups in total. The molecule has 0 unspecified atom stereocenters. The van der Waals surface area contributed by atoms with Crippen molar-refractivity contribution in [3.8, 4) is 34.5 Å². The molecule has 0 radical (unpaired) electrons. The summed E-state index contributed by atoms with van der Waals surface area (Å²) in [5, 5.41) is 38.2. The highest BCUT2D eigenvalue weighted by atomic mass is 16.5. The molecular weight excluding hydrogens is 476 g/mol. The maximum Gasteiger partial charge on any atom is 0.200 e. The fourth-order valence-corrected chi connectivity index (χ4v) is 3.42. The lowest BCUT2D eigenvalue weighted by Crippen LogP contribution is -2.03. The van der Waals surface area contributed by atoms with Gasteiger partial charge in [-0.25, -0.2) is 0 Å². The molecule has 0 aliphatic carbocycles. The van der Waals surface area contributed by atoms with Crippen molar-refractivity contribution in [2.24, 2.45) is 0 Å². The topological polar surface area (TPSA) is 134 Å². The van der Waals surface area contributed by atoms with Gasteiger partial charge in [-0.2, -0.15) is 0 Å². The maximum atomic E-state index is 12.1. The number of methoxy groups -OCH3 is 2. The predicted molar refractivity (Wildman–Crippen MR) is 137 cm³/mol. The molecule has 4 aromatic rings. The van der Waals surface area contributed by atoms with Gasteiger partial charge in [-0.05, 0) is 54.1 Å². The van der Waals surface area contributed by atoms with Gasteiger partial charge >= 0.3 is 0 Å². The monoisotopic (exact) mass is 502 g/mol. The summed E-state index contributed by atoms with van der Waals surface area (Å²) in [5.41, 5.74) is 1.31. The molecule has 0 amide bonds. The molecule has 4 aromatic carbocycles. The summed E-state index contributed by atoms with van der Waals surface area (Å²) in [4.78, 5) is 24.2. The molecule has 0 aliphatic rings. The fraction of sp³-hybridized carbons (Fsp3) is 0.103. The van der Waals surface area contributed by atoms with E-state index in [1.54, 1.807) is 49.6 Å². The zero-order valence-electron chi connectivity index (χ0n) is 20.2. The number of hydrogen-bond donors (Lipinski definition) is 4. The summed E-state index contributed by atoms with van der Waals surface area (Å²) in [6.45, 7) is 0. The van der Waals surface area contributed by atoms with Gasteiger partial charge in [0.15, 0.2) is 11.6 Å². The van der Waals surface area contributed by atoms with Crippen LogP contribution < -0.4 is 9.47 Å². The summed E-state index contributed by atoms with van der Waals surface area (Å²) >= 11 is 0. The second-order valence-corrected chi connectivity index (χ2v) is 7.88. The highest BCUT2D eigenvalue weighted by Crippen LogP contribution is 2.28. The highest BCUT2D eigenvalue weighted by molar-refractivity contribution is 6.12. The SMILES string of the molecule is COc1ccc(C(=O)c2ccccc2O)c(O)c1.COc1ccc(CC(=O)c2ccc(O)cc2O)cc1. The Bertz CT molecular complexity index is 1390. The molecule has 0 aliphatic heterocycles. The van der Waals surface area contributed by atoms with E-state index in [0.29, 0.717) is 5.75 Å². The number of phenolic OH excluding ortho intramolecular Hbond substituents is 4. The fourth-order valence-electron chi connectivity index (χ4n) is 3.42. The number of para-hydroxylation sites is 1. The minimum absolute atomic E-state index is 0.0708. The zero-order chi connectivity index (χ0) is 26.9. The molecule has 8 nitrogen and oxygen atoms in total. The predicted octanol–water partition coefficient (Wildman–Crippen LogP) is 4.87. The third-order valence-electron chi connectivity index (χ3n) is 5.40. The summed E-state index contributed by atoms with van der Waals surface area (Å²) < 4.78 is 9.98. The van der Waals surface area contributed by atoms with E-state index in [1.165, 1.54) is 43.5 Å². The summed E-state index contributed by atoms with van der Waals surface area (Å²) in [6, 6.07) is 21.7. The first-order chi connectivity index (χ1) is 17.7. The van der Waals surface area contributed by atoms with Crippen LogP contribution in [-0.4, -0.2) is 46.2 Å². The van der Waals surface area contributed by atoms with Gasteiger partial charge in [-0.1, -0.05) is 24.3 Å². The van der Waals surface area contributed by atoms with E-state index in [2.05, 4.69) is 0 Å². The molecule has 0 bridgehead atoms. The van der Waals surface area contributed by atoms with Crippen molar-refractivity contribution in [1.29, 1.82) is 0 Å². The minimum Gasteiger partial charge on any atom is -0.508 e. The average Bonchev–Trinajstić information content (AvgIpc) is 2.89. The van der Waals surface area contributed by atoms with Crippen molar-refractivity contribution in [1.82, 2.24) is 0 Å². The van der Waals surface area contributed by atoms with Crippen LogP contribution in [0.3, 0.4) is 0 Å². The Labute approximate surface area is 213 Å². The minimum atomic E-state index is -0.437. The Kier molecular flexibility index (Phi) is 8.72. The lowest BCUT2D eigenvalue weighted by atomic mass is 10.0. The lowest BCUT2D eigenvalue weighted by molar-refractivity contribution is 0.0988. The molecule has 4 rings (SSSR count). The number of ketones is 2. The van der Waals surface area contributed by atoms with E-state index < -0.39 is 5.78 Å². The van der Waals surface area contributed by atoms with Crippen molar-refractivity contribution in [2.45, 2.75) is 6.42 Å². The van der Waals surface area contributed by atoms with Crippen LogP contribution >= 0.6 is 0 Å². The number of ether oxygens (including phenoxy) is 2. The maximum absolute atomic E-state index is 12.1. The number of phenols is 4. The van der Waals surface area contributed by atoms with Gasteiger partial charge in [0.05, 0.1) is 30.9 Å². The normalized spacial score (nSPS) is 10.1. The van der Waals surface area contributed by atoms with E-state index in [9.17, 15) is 30.0 Å². The van der Waals surface area contributed by atoms with Crippen LogP contribution in [0.4, 0.5) is 0 Å². The molecule has 0 spiro atoms. The number of hydrogen-bond acceptors (Lipinski definition) is 8. The van der Waals surface area contributed by atoms with Crippen LogP contribution in [0.1, 0.15) is 31.8 Å². The Balaban J connectivity index is 0.000000206. The third-order valence-corrected chi connectivity index (χ3v) is 5.40. The molecule has 190 valence electrons. The van der Waals surface area contributed by atoms with Gasteiger partial charge in [-0.15, -0.1) is 0 Å². The highest BCUT2D eigenvalue weighted by Gasteiger charge is 2.17. The molecule has 0 atom stereocenters. The largest absolute Gasteiger partial charge is 0.508 e. The number of carbonyl (C=O) groups excluding carboxylic acids is 2. The van der Waals surface area contributed by atoms with Crippen molar-refractivity contribution in [3.05, 3.63) is 107 Å². The van der Waals surface area contributed by atoms with E-state index in [4.69, 9.17) is 9.47 Å². The van der Waals surface area contributed by atoms with Gasteiger partial charge in [-0.3, -0.25) is 9.59 Å². The first kappa shape index (κ1) is 26.6. The van der Waals surface area contributed by atoms with E-state index in [1.807, 2.05) is 0 Å². The van der Waals surface area contributed by atoms with E-state index in [-0.39, 0.29) is 51.9 Å². The molecule has 0 aromatic heterocycles. The van der Waals surface area contributed by atoms with Crippen LogP contribution in [0.15, 0.2) is 84.9 Å². The summed E-state index contributed by atoms with van der Waals surface area (Å²) in [7, 11) is 3.05. The van der Waals surface area contributed by atoms with Crippen LogP contribution in [-0.2, 0) is 6.42 Å². The molecule has 37 heavy (non-hydrogen) atoms. The number of carbonyl (C=O) groups is 2. The number of rotatable bonds is 7. The van der Waals surface area contributed by atoms with Gasteiger partial charge in [0.1, 0.15) is 34.5 Å². The smallest absolute Gasteiger partial charge is 0.200 e. The lowest BCUT2D eigenvalue weighted by Gasteiger charge is -2.07. The Hall–Kier alpha value is -4.98. The molecular formula is C29H26O8. The third kappa shape index (κ3) is 6.79. The van der Waals surface area contributed by atoms with Gasteiger partial charge in [0, 0.05) is 18.6 Å². The van der Waals surface area contributed by atoms with E-state index >= 15 is 0 Å². The quantitative estimate of drug-likeness (QED) is 0.263. The number of Topliss-reactive ketones (excluding diaryl/α,β-unsaturated/α-hetero) is 1. The van der Waals surface area contributed by atoms with Crippen molar-refractivity contribution < 1.29 is 39.5 Å². The van der Waals surface area contributed by atoms with Crippen LogP contribution in [0, 0.1) is 0 Å². The van der Waals surface area contributed by atoms with Crippen LogP contribution in [0.2, 0.25) is 0 Å². The van der Waals surface area contributed by atoms with Gasteiger partial charge in [0.25, 0.3) is 0 Å². The Morgan fingerprint density at radius 2 is 1.19 bits per heavy atom. The second-order valence-electron chi connectivity index (χ2n) is 7.88. The standard InChI is InChI=1S/C15H14O4.C14H12O4/c1-19-12-5-2-10(3-6-12)8-14(17)13-7-4-11(16)9-15(13)18;1-18-9-6-7-11(13(16)8-9)14(17)10-4-2-3-5-12(10)15/h2-7,9,16,18H,8H2,1H3;2-8,15-16H,1H3. The second kappa shape index (κ2) is 12.1. The summed E-state index contributed by atoms with van der Waals surface area (Å²) in [5.74, 6) is -0.0294. The van der Waals surface area contributed by atoms with Crippen molar-refractivity contribution in [2.75, 3.05) is 14.2 Å². The van der Waals surface area contributed by atoms with Gasteiger partial charge < -0.3 is 29.9 Å². The Morgan fingerprint density at radius 1 is 0.622 bits per heavy atom. The van der Waals surface area contributed by atoms with Crippen LogP contribution in [0.25, 0.3) is 0 Å². The van der Waals surface area contributed by atoms with Crippen molar-refractivity contribution >= 4 is 11.6 Å². The molecule has 0 fully saturated rings. The zero-order valence-corrected chi connectivity index (χ0v) is 20.2. The average molecular weight is 503 g/mol. The molecule has 0 saturated heterocycles. The molecule has 0 heterocycles. The molecule has 0 saturated carbocycles. The van der Waals surface area contributed by atoms with Gasteiger partial charge in [0.2, 0.25) is 0 Å². The summed E-state index contributed by atoms with van der Waals surface area (Å²) in [6.07, 6.45) is 0.183. The first-order valence-electron chi connectivity index (χ1n) is 11.1. The van der Waals surface area contributed by atoms with Crippen molar-refractivity contribution in [3.63, 3.8) is 0 Å². The Morgan fingerprint density at radius 3 is 1.78 bits per heavy atom. The number of aromatic hydroxyl groups is 4. The number of benzene rings is 4.